The molecule has 6 heteroatoms. The van der Waals surface area contributed by atoms with E-state index < -0.39 is 24.1 Å². The van der Waals surface area contributed by atoms with Crippen molar-refractivity contribution in [2.24, 2.45) is 0 Å². The molecule has 0 aliphatic carbocycles. The fourth-order valence-electron chi connectivity index (χ4n) is 3.06. The van der Waals surface area contributed by atoms with Crippen LogP contribution < -0.4 is 5.32 Å². The van der Waals surface area contributed by atoms with Gasteiger partial charge in [0.25, 0.3) is 5.91 Å². The molecule has 0 spiro atoms. The van der Waals surface area contributed by atoms with Crippen molar-refractivity contribution in [3.63, 3.8) is 0 Å². The Morgan fingerprint density at radius 1 is 1.00 bits per heavy atom. The molecule has 1 heterocycles. The predicted molar refractivity (Wildman–Crippen MR) is 98.5 cm³/mol. The van der Waals surface area contributed by atoms with E-state index in [-0.39, 0.29) is 6.61 Å². The summed E-state index contributed by atoms with van der Waals surface area (Å²) in [6, 6.07) is 7.05. The van der Waals surface area contributed by atoms with Crippen molar-refractivity contribution >= 4 is 18.0 Å². The lowest BCUT2D eigenvalue weighted by atomic mass is 10.1. The summed E-state index contributed by atoms with van der Waals surface area (Å²) in [5, 5.41) is 2.18. The first-order chi connectivity index (χ1) is 12.6. The van der Waals surface area contributed by atoms with Gasteiger partial charge < -0.3 is 4.74 Å². The maximum atomic E-state index is 12.3. The van der Waals surface area contributed by atoms with Crippen molar-refractivity contribution < 1.29 is 19.1 Å². The lowest BCUT2D eigenvalue weighted by molar-refractivity contribution is -0.121. The van der Waals surface area contributed by atoms with Gasteiger partial charge in [-0.25, -0.2) is 14.5 Å². The number of urea groups is 1. The first-order valence-corrected chi connectivity index (χ1v) is 9.51. The maximum absolute atomic E-state index is 12.3. The van der Waals surface area contributed by atoms with Gasteiger partial charge in [0.15, 0.2) is 0 Å². The number of benzene rings is 1. The van der Waals surface area contributed by atoms with Gasteiger partial charge in [-0.1, -0.05) is 82.2 Å². The molecule has 1 saturated heterocycles. The minimum Gasteiger partial charge on any atom is -0.449 e. The molecule has 0 saturated carbocycles. The van der Waals surface area contributed by atoms with Crippen LogP contribution >= 0.6 is 0 Å². The first kappa shape index (κ1) is 19.9. The molecule has 1 aliphatic rings. The van der Waals surface area contributed by atoms with Gasteiger partial charge in [0.1, 0.15) is 6.04 Å². The van der Waals surface area contributed by atoms with Crippen molar-refractivity contribution in [3.8, 4) is 0 Å². The number of carbonyl (C=O) groups excluding carboxylic acids is 3. The van der Waals surface area contributed by atoms with E-state index >= 15 is 0 Å². The van der Waals surface area contributed by atoms with Crippen LogP contribution in [0.3, 0.4) is 0 Å². The average molecular weight is 360 g/mol. The number of imide groups is 2. The molecule has 1 fully saturated rings. The van der Waals surface area contributed by atoms with Crippen molar-refractivity contribution in [1.29, 1.82) is 0 Å². The van der Waals surface area contributed by atoms with Gasteiger partial charge in [-0.2, -0.15) is 0 Å². The zero-order valence-corrected chi connectivity index (χ0v) is 15.4. The molecular weight excluding hydrogens is 332 g/mol. The summed E-state index contributed by atoms with van der Waals surface area (Å²) in [4.78, 5) is 37.2. The Bertz CT molecular complexity index is 603. The third kappa shape index (κ3) is 5.58. The second-order valence-electron chi connectivity index (χ2n) is 6.57. The molecule has 0 unspecified atom stereocenters. The minimum atomic E-state index is -0.963. The van der Waals surface area contributed by atoms with Gasteiger partial charge in [0.2, 0.25) is 0 Å². The normalized spacial score (nSPS) is 16.7. The van der Waals surface area contributed by atoms with Crippen LogP contribution in [-0.4, -0.2) is 29.5 Å². The lowest BCUT2D eigenvalue weighted by Gasteiger charge is -2.19. The summed E-state index contributed by atoms with van der Waals surface area (Å²) in [6.45, 7) is 2.46. The molecule has 1 atom stereocenters. The monoisotopic (exact) mass is 360 g/mol. The van der Waals surface area contributed by atoms with Crippen LogP contribution in [-0.2, 0) is 9.53 Å². The van der Waals surface area contributed by atoms with Crippen molar-refractivity contribution in [2.75, 3.05) is 6.61 Å². The zero-order chi connectivity index (χ0) is 18.8. The summed E-state index contributed by atoms with van der Waals surface area (Å²) in [5.74, 6) is -0.509. The van der Waals surface area contributed by atoms with Gasteiger partial charge in [0, 0.05) is 0 Å². The number of rotatable bonds is 10. The molecule has 26 heavy (non-hydrogen) atoms. The number of hydrogen-bond acceptors (Lipinski definition) is 4. The maximum Gasteiger partial charge on any atom is 0.419 e. The van der Waals surface area contributed by atoms with E-state index in [9.17, 15) is 14.4 Å². The summed E-state index contributed by atoms with van der Waals surface area (Å²) in [7, 11) is 0. The molecule has 1 aromatic rings. The van der Waals surface area contributed by atoms with Gasteiger partial charge in [-0.3, -0.25) is 10.1 Å². The third-order valence-electron chi connectivity index (χ3n) is 4.49. The van der Waals surface area contributed by atoms with Crippen LogP contribution in [0.4, 0.5) is 9.59 Å². The number of ether oxygens (including phenoxy) is 1. The Labute approximate surface area is 154 Å². The highest BCUT2D eigenvalue weighted by Gasteiger charge is 2.44. The molecule has 1 aromatic carbocycles. The van der Waals surface area contributed by atoms with Crippen LogP contribution in [0.1, 0.15) is 69.9 Å². The summed E-state index contributed by atoms with van der Waals surface area (Å²) < 4.78 is 5.22. The van der Waals surface area contributed by atoms with E-state index in [0.29, 0.717) is 5.56 Å². The van der Waals surface area contributed by atoms with Crippen LogP contribution in [0.15, 0.2) is 30.3 Å². The molecule has 142 valence electrons. The third-order valence-corrected chi connectivity index (χ3v) is 4.49. The van der Waals surface area contributed by atoms with Crippen LogP contribution in [0, 0.1) is 0 Å². The van der Waals surface area contributed by atoms with E-state index in [0.717, 1.165) is 24.2 Å². The molecule has 2 rings (SSSR count). The Morgan fingerprint density at radius 3 is 2.27 bits per heavy atom. The molecule has 1 aliphatic heterocycles. The quantitative estimate of drug-likeness (QED) is 0.490. The Balaban J connectivity index is 1.75. The van der Waals surface area contributed by atoms with E-state index in [1.165, 1.54) is 32.1 Å². The number of carbonyl (C=O) groups is 3. The fraction of sp³-hybridized carbons (Fsp3) is 0.550. The predicted octanol–water partition coefficient (Wildman–Crippen LogP) is 4.56. The average Bonchev–Trinajstić information content (AvgIpc) is 2.95. The Morgan fingerprint density at radius 2 is 1.62 bits per heavy atom. The van der Waals surface area contributed by atoms with Crippen LogP contribution in [0.25, 0.3) is 0 Å². The van der Waals surface area contributed by atoms with Crippen molar-refractivity contribution in [3.05, 3.63) is 35.9 Å². The number of nitrogens with one attached hydrogen (secondary N) is 1. The SMILES string of the molecule is CCCCCCCCCCOC(=O)N1C(=O)NC(=O)[C@@H]1c1ccccc1. The smallest absolute Gasteiger partial charge is 0.419 e. The summed E-state index contributed by atoms with van der Waals surface area (Å²) in [5.41, 5.74) is 0.583. The van der Waals surface area contributed by atoms with E-state index in [2.05, 4.69) is 12.2 Å². The van der Waals surface area contributed by atoms with E-state index in [1.807, 2.05) is 6.07 Å². The molecular formula is C20H28N2O4. The second kappa shape index (κ2) is 10.6. The van der Waals surface area contributed by atoms with Crippen LogP contribution in [0.2, 0.25) is 0 Å². The first-order valence-electron chi connectivity index (χ1n) is 9.51. The van der Waals surface area contributed by atoms with Gasteiger partial charge >= 0.3 is 12.1 Å². The van der Waals surface area contributed by atoms with Gasteiger partial charge in [0.05, 0.1) is 6.61 Å². The van der Waals surface area contributed by atoms with Crippen molar-refractivity contribution in [2.45, 2.75) is 64.3 Å². The molecule has 1 N–H and O–H groups in total. The zero-order valence-electron chi connectivity index (χ0n) is 15.4. The Hall–Kier alpha value is -2.37. The van der Waals surface area contributed by atoms with E-state index in [1.54, 1.807) is 24.3 Å². The molecule has 4 amide bonds. The van der Waals surface area contributed by atoms with E-state index in [4.69, 9.17) is 4.74 Å². The molecule has 6 nitrogen and oxygen atoms in total. The summed E-state index contributed by atoms with van der Waals surface area (Å²) >= 11 is 0. The lowest BCUT2D eigenvalue weighted by Crippen LogP contribution is -2.36. The fourth-order valence-corrected chi connectivity index (χ4v) is 3.06. The second-order valence-corrected chi connectivity index (χ2v) is 6.57. The highest BCUT2D eigenvalue weighted by molar-refractivity contribution is 6.10. The number of amides is 4. The topological polar surface area (TPSA) is 75.7 Å². The molecule has 0 aromatic heterocycles. The standard InChI is InChI=1S/C20H28N2O4/c1-2-3-4-5-6-7-8-12-15-26-20(25)22-17(18(23)21-19(22)24)16-13-10-9-11-14-16/h9-11,13-14,17H,2-8,12,15H2,1H3,(H,21,23,24)/t17-/m0/s1. The van der Waals surface area contributed by atoms with Gasteiger partial charge in [-0.15, -0.1) is 0 Å². The highest BCUT2D eigenvalue weighted by atomic mass is 16.6. The van der Waals surface area contributed by atoms with Gasteiger partial charge in [-0.05, 0) is 12.0 Å². The Kier molecular flexibility index (Phi) is 8.12. The summed E-state index contributed by atoms with van der Waals surface area (Å²) in [6.07, 6.45) is 8.37. The number of nitrogens with zero attached hydrogens (tertiary/aromatic N) is 1. The number of hydrogen-bond donors (Lipinski definition) is 1. The molecule has 0 radical (unpaired) electrons. The van der Waals surface area contributed by atoms with Crippen LogP contribution in [0.5, 0.6) is 0 Å². The highest BCUT2D eigenvalue weighted by Crippen LogP contribution is 2.26. The number of unbranched alkanes of at least 4 members (excludes halogenated alkanes) is 7. The van der Waals surface area contributed by atoms with Crippen molar-refractivity contribution in [1.82, 2.24) is 10.2 Å². The largest absolute Gasteiger partial charge is 0.449 e. The molecule has 0 bridgehead atoms. The minimum absolute atomic E-state index is 0.257.